The molecule has 23 heavy (non-hydrogen) atoms. The van der Waals surface area contributed by atoms with Gasteiger partial charge in [-0.25, -0.2) is 0 Å². The lowest BCUT2D eigenvalue weighted by Crippen LogP contribution is -2.41. The lowest BCUT2D eigenvalue weighted by Gasteiger charge is -2.32. The van der Waals surface area contributed by atoms with Crippen LogP contribution in [-0.2, 0) is 18.8 Å². The lowest BCUT2D eigenvalue weighted by atomic mass is 9.66. The summed E-state index contributed by atoms with van der Waals surface area (Å²) in [6.45, 7) is 10.0. The number of esters is 1. The van der Waals surface area contributed by atoms with E-state index < -0.39 is 18.3 Å². The highest BCUT2D eigenvalue weighted by Gasteiger charge is 2.54. The van der Waals surface area contributed by atoms with Crippen LogP contribution in [0.25, 0.3) is 0 Å². The van der Waals surface area contributed by atoms with Crippen LogP contribution in [0.15, 0.2) is 18.5 Å². The van der Waals surface area contributed by atoms with Crippen molar-refractivity contribution < 1.29 is 18.8 Å². The van der Waals surface area contributed by atoms with Crippen molar-refractivity contribution in [1.82, 2.24) is 4.98 Å². The van der Waals surface area contributed by atoms with Gasteiger partial charge in [0.15, 0.2) is 0 Å². The fourth-order valence-corrected chi connectivity index (χ4v) is 2.53. The van der Waals surface area contributed by atoms with Gasteiger partial charge in [0, 0.05) is 23.9 Å². The molecule has 126 valence electrons. The van der Waals surface area contributed by atoms with Crippen molar-refractivity contribution in [3.8, 4) is 0 Å². The van der Waals surface area contributed by atoms with Crippen LogP contribution in [0.4, 0.5) is 5.69 Å². The van der Waals surface area contributed by atoms with Crippen LogP contribution in [0.3, 0.4) is 0 Å². The Morgan fingerprint density at radius 3 is 2.48 bits per heavy atom. The minimum absolute atomic E-state index is 0.126. The Morgan fingerprint density at radius 1 is 1.35 bits per heavy atom. The molecule has 7 heteroatoms. The number of pyridine rings is 1. The molecule has 1 aliphatic heterocycles. The van der Waals surface area contributed by atoms with Gasteiger partial charge in [-0.1, -0.05) is 0 Å². The summed E-state index contributed by atoms with van der Waals surface area (Å²) in [7, 11) is -0.587. The van der Waals surface area contributed by atoms with Crippen molar-refractivity contribution in [3.05, 3.63) is 24.0 Å². The van der Waals surface area contributed by atoms with E-state index in [0.29, 0.717) is 12.3 Å². The van der Waals surface area contributed by atoms with E-state index >= 15 is 0 Å². The molecule has 1 fully saturated rings. The zero-order chi connectivity index (χ0) is 17.3. The van der Waals surface area contributed by atoms with E-state index in [-0.39, 0.29) is 18.2 Å². The van der Waals surface area contributed by atoms with Gasteiger partial charge in [0.2, 0.25) is 0 Å². The van der Waals surface area contributed by atoms with Gasteiger partial charge in [-0.3, -0.25) is 9.78 Å². The van der Waals surface area contributed by atoms with Gasteiger partial charge in [-0.2, -0.15) is 0 Å². The van der Waals surface area contributed by atoms with Crippen molar-refractivity contribution in [2.75, 3.05) is 12.3 Å². The van der Waals surface area contributed by atoms with Crippen molar-refractivity contribution in [1.29, 1.82) is 0 Å². The van der Waals surface area contributed by atoms with E-state index in [9.17, 15) is 4.79 Å². The lowest BCUT2D eigenvalue weighted by molar-refractivity contribution is -0.143. The van der Waals surface area contributed by atoms with E-state index in [1.54, 1.807) is 25.4 Å². The second-order valence-electron chi connectivity index (χ2n) is 6.74. The van der Waals surface area contributed by atoms with E-state index in [2.05, 4.69) is 4.98 Å². The maximum Gasteiger partial charge on any atom is 0.466 e. The molecule has 1 unspecified atom stereocenters. The third kappa shape index (κ3) is 3.67. The van der Waals surface area contributed by atoms with Gasteiger partial charge in [0.05, 0.1) is 24.2 Å². The first kappa shape index (κ1) is 17.8. The molecule has 1 aliphatic rings. The Kier molecular flexibility index (Phi) is 5.01. The van der Waals surface area contributed by atoms with Gasteiger partial charge in [-0.15, -0.1) is 0 Å². The molecule has 6 nitrogen and oxygen atoms in total. The van der Waals surface area contributed by atoms with Gasteiger partial charge in [0.25, 0.3) is 0 Å². The quantitative estimate of drug-likeness (QED) is 0.662. The van der Waals surface area contributed by atoms with Crippen LogP contribution in [0.5, 0.6) is 0 Å². The summed E-state index contributed by atoms with van der Waals surface area (Å²) in [5.41, 5.74) is 6.40. The number of aromatic nitrogens is 1. The number of nitrogens with two attached hydrogens (primary N) is 1. The predicted octanol–water partition coefficient (Wildman–Crippen LogP) is 2.33. The van der Waals surface area contributed by atoms with Crippen molar-refractivity contribution >= 4 is 18.8 Å². The molecule has 0 saturated carbocycles. The number of nitrogens with zero attached hydrogens (tertiary/aromatic N) is 1. The van der Waals surface area contributed by atoms with E-state index in [1.165, 1.54) is 0 Å². The largest absolute Gasteiger partial charge is 0.466 e. The van der Waals surface area contributed by atoms with Crippen LogP contribution in [-0.4, -0.2) is 35.9 Å². The monoisotopic (exact) mass is 320 g/mol. The highest BCUT2D eigenvalue weighted by atomic mass is 16.7. The normalized spacial score (nSPS) is 20.3. The minimum Gasteiger partial charge on any atom is -0.466 e. The molecule has 0 spiro atoms. The summed E-state index contributed by atoms with van der Waals surface area (Å²) in [4.78, 5) is 16.1. The Labute approximate surface area is 137 Å². The summed E-state index contributed by atoms with van der Waals surface area (Å²) in [6.07, 6.45) is 3.40. The minimum atomic E-state index is -0.587. The standard InChI is InChI=1S/C16H25BN2O4/c1-6-21-14(20)9-12(11-10-19-8-7-13(11)18)17-22-15(2,3)16(4,5)23-17/h7-8,10,12H,6,9H2,1-5H3,(H2,18,19). The fourth-order valence-electron chi connectivity index (χ4n) is 2.53. The molecule has 0 amide bonds. The van der Waals surface area contributed by atoms with Gasteiger partial charge in [-0.05, 0) is 46.2 Å². The summed E-state index contributed by atoms with van der Waals surface area (Å²) in [5, 5.41) is 0. The van der Waals surface area contributed by atoms with Crippen molar-refractivity contribution in [2.24, 2.45) is 0 Å². The van der Waals surface area contributed by atoms with Crippen LogP contribution in [0, 0.1) is 0 Å². The SMILES string of the molecule is CCOC(=O)CC(B1OC(C)(C)C(C)(C)O1)c1cnccc1N. The molecule has 0 radical (unpaired) electrons. The number of nitrogen functional groups attached to an aromatic ring is 1. The second kappa shape index (κ2) is 6.49. The molecule has 1 atom stereocenters. The van der Waals surface area contributed by atoms with Crippen LogP contribution < -0.4 is 5.73 Å². The highest BCUT2D eigenvalue weighted by Crippen LogP contribution is 2.42. The highest BCUT2D eigenvalue weighted by molar-refractivity contribution is 6.48. The van der Waals surface area contributed by atoms with Crippen LogP contribution in [0.2, 0.25) is 0 Å². The first-order valence-electron chi connectivity index (χ1n) is 7.88. The Balaban J connectivity index is 2.32. The Morgan fingerprint density at radius 2 is 1.96 bits per heavy atom. The van der Waals surface area contributed by atoms with E-state index in [1.807, 2.05) is 27.7 Å². The maximum atomic E-state index is 12.0. The van der Waals surface area contributed by atoms with Gasteiger partial charge >= 0.3 is 13.1 Å². The molecule has 1 saturated heterocycles. The molecule has 2 rings (SSSR count). The van der Waals surface area contributed by atoms with Crippen molar-refractivity contribution in [2.45, 2.75) is 58.1 Å². The fraction of sp³-hybridized carbons (Fsp3) is 0.625. The predicted molar refractivity (Wildman–Crippen MR) is 88.7 cm³/mol. The maximum absolute atomic E-state index is 12.0. The molecule has 0 aliphatic carbocycles. The average molecular weight is 320 g/mol. The Bertz CT molecular complexity index is 561. The average Bonchev–Trinajstić information content (AvgIpc) is 2.66. The molecular weight excluding hydrogens is 295 g/mol. The number of ether oxygens (including phenoxy) is 1. The van der Waals surface area contributed by atoms with Crippen LogP contribution in [0.1, 0.15) is 52.4 Å². The first-order valence-corrected chi connectivity index (χ1v) is 7.88. The molecular formula is C16H25BN2O4. The number of anilines is 1. The number of hydrogen-bond donors (Lipinski definition) is 1. The van der Waals surface area contributed by atoms with Gasteiger partial charge < -0.3 is 19.8 Å². The third-order valence-electron chi connectivity index (χ3n) is 4.58. The second-order valence-corrected chi connectivity index (χ2v) is 6.74. The zero-order valence-electron chi connectivity index (χ0n) is 14.5. The van der Waals surface area contributed by atoms with Crippen LogP contribution >= 0.6 is 0 Å². The van der Waals surface area contributed by atoms with E-state index in [0.717, 1.165) is 5.56 Å². The van der Waals surface area contributed by atoms with Crippen molar-refractivity contribution in [3.63, 3.8) is 0 Å². The zero-order valence-corrected chi connectivity index (χ0v) is 14.5. The Hall–Kier alpha value is -1.60. The summed E-state index contributed by atoms with van der Waals surface area (Å²) in [6, 6.07) is 1.71. The van der Waals surface area contributed by atoms with E-state index in [4.69, 9.17) is 19.8 Å². The molecule has 0 aromatic carbocycles. The molecule has 2 heterocycles. The molecule has 2 N–H and O–H groups in total. The molecule has 1 aromatic rings. The smallest absolute Gasteiger partial charge is 0.466 e. The molecule has 0 bridgehead atoms. The number of carbonyl (C=O) groups excluding carboxylic acids is 1. The summed E-state index contributed by atoms with van der Waals surface area (Å²) in [5.74, 6) is -0.681. The number of rotatable bonds is 5. The molecule has 1 aromatic heterocycles. The first-order chi connectivity index (χ1) is 10.7. The summed E-state index contributed by atoms with van der Waals surface area (Å²) < 4.78 is 17.3. The number of carbonyl (C=O) groups is 1. The topological polar surface area (TPSA) is 83.7 Å². The third-order valence-corrected chi connectivity index (χ3v) is 4.58. The van der Waals surface area contributed by atoms with Gasteiger partial charge in [0.1, 0.15) is 0 Å². The summed E-state index contributed by atoms with van der Waals surface area (Å²) >= 11 is 0. The number of hydrogen-bond acceptors (Lipinski definition) is 6.